The predicted octanol–water partition coefficient (Wildman–Crippen LogP) is 2.71. The number of benzene rings is 1. The summed E-state index contributed by atoms with van der Waals surface area (Å²) in [6.07, 6.45) is 3.89. The van der Waals surface area contributed by atoms with Crippen molar-refractivity contribution in [3.05, 3.63) is 53.8 Å². The predicted molar refractivity (Wildman–Crippen MR) is 80.4 cm³/mol. The van der Waals surface area contributed by atoms with Gasteiger partial charge in [-0.25, -0.2) is 9.67 Å². The van der Waals surface area contributed by atoms with Crippen LogP contribution in [0.1, 0.15) is 5.69 Å². The molecule has 0 amide bonds. The summed E-state index contributed by atoms with van der Waals surface area (Å²) in [7, 11) is 1.37. The summed E-state index contributed by atoms with van der Waals surface area (Å²) in [6, 6.07) is 9.87. The van der Waals surface area contributed by atoms with Crippen molar-refractivity contribution >= 4 is 17.3 Å². The summed E-state index contributed by atoms with van der Waals surface area (Å²) < 4.78 is 6.44. The monoisotopic (exact) mass is 299 g/mol. The fourth-order valence-corrected chi connectivity index (χ4v) is 2.69. The van der Waals surface area contributed by atoms with Gasteiger partial charge in [0.2, 0.25) is 0 Å². The number of hydrogen-bond acceptors (Lipinski definition) is 5. The number of carbonyl (C=O) groups excluding carboxylic acids is 1. The van der Waals surface area contributed by atoms with Gasteiger partial charge in [0, 0.05) is 17.1 Å². The van der Waals surface area contributed by atoms with Crippen LogP contribution in [0.4, 0.5) is 0 Å². The van der Waals surface area contributed by atoms with E-state index in [1.807, 2.05) is 41.9 Å². The van der Waals surface area contributed by atoms with E-state index in [1.54, 1.807) is 10.9 Å². The van der Waals surface area contributed by atoms with Crippen molar-refractivity contribution in [3.63, 3.8) is 0 Å². The van der Waals surface area contributed by atoms with Gasteiger partial charge in [-0.05, 0) is 12.1 Å². The Morgan fingerprint density at radius 1 is 1.33 bits per heavy atom. The van der Waals surface area contributed by atoms with Crippen LogP contribution in [-0.2, 0) is 16.0 Å². The van der Waals surface area contributed by atoms with Crippen molar-refractivity contribution in [1.82, 2.24) is 14.8 Å². The van der Waals surface area contributed by atoms with Gasteiger partial charge in [0.15, 0.2) is 0 Å². The first-order chi connectivity index (χ1) is 10.3. The number of aromatic nitrogens is 3. The average Bonchev–Trinajstić information content (AvgIpc) is 3.17. The van der Waals surface area contributed by atoms with Crippen LogP contribution in [0, 0.1) is 0 Å². The highest BCUT2D eigenvalue weighted by molar-refractivity contribution is 7.13. The Balaban J connectivity index is 1.82. The molecule has 21 heavy (non-hydrogen) atoms. The molecule has 0 saturated carbocycles. The third kappa shape index (κ3) is 3.00. The van der Waals surface area contributed by atoms with E-state index in [1.165, 1.54) is 18.4 Å². The van der Waals surface area contributed by atoms with Gasteiger partial charge >= 0.3 is 5.97 Å². The minimum Gasteiger partial charge on any atom is -0.469 e. The largest absolute Gasteiger partial charge is 0.469 e. The van der Waals surface area contributed by atoms with Gasteiger partial charge in [0.1, 0.15) is 5.01 Å². The van der Waals surface area contributed by atoms with Crippen LogP contribution in [0.15, 0.2) is 48.1 Å². The summed E-state index contributed by atoms with van der Waals surface area (Å²) in [6.45, 7) is 0. The number of thiazole rings is 1. The smallest absolute Gasteiger partial charge is 0.311 e. The summed E-state index contributed by atoms with van der Waals surface area (Å²) >= 11 is 1.49. The lowest BCUT2D eigenvalue weighted by molar-refractivity contribution is -0.139. The van der Waals surface area contributed by atoms with Crippen LogP contribution < -0.4 is 0 Å². The molecule has 0 unspecified atom stereocenters. The summed E-state index contributed by atoms with van der Waals surface area (Å²) in [5.74, 6) is -0.285. The van der Waals surface area contributed by atoms with Crippen molar-refractivity contribution in [2.75, 3.05) is 7.11 Å². The van der Waals surface area contributed by atoms with Gasteiger partial charge in [0.25, 0.3) is 0 Å². The topological polar surface area (TPSA) is 57.0 Å². The lowest BCUT2D eigenvalue weighted by atomic mass is 10.3. The van der Waals surface area contributed by atoms with E-state index in [4.69, 9.17) is 0 Å². The molecule has 0 bridgehead atoms. The maximum absolute atomic E-state index is 11.2. The lowest BCUT2D eigenvalue weighted by Gasteiger charge is -1.98. The first-order valence-corrected chi connectivity index (χ1v) is 7.26. The van der Waals surface area contributed by atoms with Crippen molar-refractivity contribution in [3.8, 4) is 16.3 Å². The standard InChI is InChI=1S/C15H13N3O2S/c1-20-14(19)7-12-10-21-15(17-12)11-8-16-18(9-11)13-5-3-2-4-6-13/h2-6,8-10H,7H2,1H3. The van der Waals surface area contributed by atoms with Crippen LogP contribution in [0.5, 0.6) is 0 Å². The van der Waals surface area contributed by atoms with Crippen LogP contribution in [0.2, 0.25) is 0 Å². The molecule has 5 nitrogen and oxygen atoms in total. The lowest BCUT2D eigenvalue weighted by Crippen LogP contribution is -2.04. The third-order valence-electron chi connectivity index (χ3n) is 2.96. The van der Waals surface area contributed by atoms with Gasteiger partial charge in [-0.1, -0.05) is 18.2 Å². The highest BCUT2D eigenvalue weighted by Gasteiger charge is 2.10. The Morgan fingerprint density at radius 2 is 2.14 bits per heavy atom. The Labute approximate surface area is 125 Å². The van der Waals surface area contributed by atoms with Crippen LogP contribution in [-0.4, -0.2) is 27.8 Å². The molecule has 0 fully saturated rings. The maximum Gasteiger partial charge on any atom is 0.311 e. The average molecular weight is 299 g/mol. The number of hydrogen-bond donors (Lipinski definition) is 0. The second kappa shape index (κ2) is 5.88. The van der Waals surface area contributed by atoms with Crippen LogP contribution in [0.3, 0.4) is 0 Å². The van der Waals surface area contributed by atoms with Crippen LogP contribution in [0.25, 0.3) is 16.3 Å². The highest BCUT2D eigenvalue weighted by Crippen LogP contribution is 2.24. The molecule has 0 aliphatic heterocycles. The first-order valence-electron chi connectivity index (χ1n) is 6.38. The summed E-state index contributed by atoms with van der Waals surface area (Å²) in [5, 5.41) is 7.05. The second-order valence-corrected chi connectivity index (χ2v) is 5.26. The number of methoxy groups -OCH3 is 1. The Kier molecular flexibility index (Phi) is 3.79. The number of rotatable bonds is 4. The van der Waals surface area contributed by atoms with Gasteiger partial charge in [-0.3, -0.25) is 4.79 Å². The quantitative estimate of drug-likeness (QED) is 0.695. The molecule has 3 rings (SSSR count). The molecule has 3 aromatic rings. The normalized spacial score (nSPS) is 10.5. The molecular formula is C15H13N3O2S. The SMILES string of the molecule is COC(=O)Cc1csc(-c2cnn(-c3ccccc3)c2)n1. The van der Waals surface area contributed by atoms with Crippen LogP contribution >= 0.6 is 11.3 Å². The Morgan fingerprint density at radius 3 is 2.90 bits per heavy atom. The van der Waals surface area contributed by atoms with Crippen molar-refractivity contribution < 1.29 is 9.53 Å². The molecule has 0 aliphatic carbocycles. The number of nitrogens with zero attached hydrogens (tertiary/aromatic N) is 3. The van der Waals surface area contributed by atoms with Gasteiger partial charge in [0.05, 0.1) is 31.1 Å². The van der Waals surface area contributed by atoms with E-state index in [0.717, 1.165) is 16.3 Å². The first kappa shape index (κ1) is 13.5. The zero-order chi connectivity index (χ0) is 14.7. The van der Waals surface area contributed by atoms with Gasteiger partial charge in [-0.2, -0.15) is 5.10 Å². The fraction of sp³-hybridized carbons (Fsp3) is 0.133. The number of para-hydroxylation sites is 1. The third-order valence-corrected chi connectivity index (χ3v) is 3.90. The van der Waals surface area contributed by atoms with E-state index in [0.29, 0.717) is 5.69 Å². The highest BCUT2D eigenvalue weighted by atomic mass is 32.1. The zero-order valence-electron chi connectivity index (χ0n) is 11.4. The van der Waals surface area contributed by atoms with E-state index >= 15 is 0 Å². The van der Waals surface area contributed by atoms with E-state index < -0.39 is 0 Å². The molecule has 0 saturated heterocycles. The van der Waals surface area contributed by atoms with Crippen molar-refractivity contribution in [2.45, 2.75) is 6.42 Å². The second-order valence-electron chi connectivity index (χ2n) is 4.41. The Hall–Kier alpha value is -2.47. The molecule has 0 N–H and O–H groups in total. The molecule has 0 atom stereocenters. The molecule has 2 aromatic heterocycles. The molecule has 1 aromatic carbocycles. The zero-order valence-corrected chi connectivity index (χ0v) is 12.2. The number of carbonyl (C=O) groups is 1. The molecule has 6 heteroatoms. The van der Waals surface area contributed by atoms with Crippen molar-refractivity contribution in [1.29, 1.82) is 0 Å². The molecule has 0 spiro atoms. The minimum absolute atomic E-state index is 0.194. The summed E-state index contributed by atoms with van der Waals surface area (Å²) in [4.78, 5) is 15.7. The maximum atomic E-state index is 11.2. The molecule has 0 radical (unpaired) electrons. The van der Waals surface area contributed by atoms with E-state index in [2.05, 4.69) is 14.8 Å². The van der Waals surface area contributed by atoms with Gasteiger partial charge < -0.3 is 4.74 Å². The molecule has 106 valence electrons. The number of ether oxygens (including phenoxy) is 1. The molecular weight excluding hydrogens is 286 g/mol. The van der Waals surface area contributed by atoms with E-state index in [-0.39, 0.29) is 12.4 Å². The van der Waals surface area contributed by atoms with Crippen molar-refractivity contribution in [2.24, 2.45) is 0 Å². The fourth-order valence-electron chi connectivity index (χ4n) is 1.90. The molecule has 0 aliphatic rings. The number of esters is 1. The van der Waals surface area contributed by atoms with Gasteiger partial charge in [-0.15, -0.1) is 11.3 Å². The van der Waals surface area contributed by atoms with E-state index in [9.17, 15) is 4.79 Å². The Bertz CT molecular complexity index is 749. The molecule has 2 heterocycles. The minimum atomic E-state index is -0.285. The summed E-state index contributed by atoms with van der Waals surface area (Å²) in [5.41, 5.74) is 2.64.